The maximum absolute atomic E-state index is 11.6. The van der Waals surface area contributed by atoms with Crippen LogP contribution in [-0.4, -0.2) is 24.1 Å². The number of hydrogen-bond donors (Lipinski definition) is 2. The summed E-state index contributed by atoms with van der Waals surface area (Å²) in [6.07, 6.45) is 4.34. The van der Waals surface area contributed by atoms with Gasteiger partial charge >= 0.3 is 0 Å². The zero-order chi connectivity index (χ0) is 13.8. The van der Waals surface area contributed by atoms with Crippen molar-refractivity contribution in [2.45, 2.75) is 37.5 Å². The van der Waals surface area contributed by atoms with Gasteiger partial charge in [-0.05, 0) is 6.42 Å². The molecule has 0 saturated heterocycles. The highest BCUT2D eigenvalue weighted by molar-refractivity contribution is 7.89. The number of aryl methyl sites for hydroxylation is 1. The lowest BCUT2D eigenvalue weighted by atomic mass is 10.2. The quantitative estimate of drug-likeness (QED) is 0.740. The predicted octanol–water partition coefficient (Wildman–Crippen LogP) is 0.586. The van der Waals surface area contributed by atoms with Gasteiger partial charge in [0.25, 0.3) is 0 Å². The first-order valence-corrected chi connectivity index (χ1v) is 7.25. The van der Waals surface area contributed by atoms with Crippen LogP contribution in [0.15, 0.2) is 11.1 Å². The summed E-state index contributed by atoms with van der Waals surface area (Å²) in [6.45, 7) is 2.04. The summed E-state index contributed by atoms with van der Waals surface area (Å²) >= 11 is 0. The van der Waals surface area contributed by atoms with E-state index in [2.05, 4.69) is 10.4 Å². The Morgan fingerprint density at radius 3 is 2.72 bits per heavy atom. The van der Waals surface area contributed by atoms with E-state index in [1.165, 1.54) is 10.9 Å². The van der Waals surface area contributed by atoms with E-state index in [4.69, 9.17) is 5.14 Å². The first-order chi connectivity index (χ1) is 8.34. The third-order valence-corrected chi connectivity index (χ3v) is 3.28. The zero-order valence-electron chi connectivity index (χ0n) is 10.5. The first-order valence-electron chi connectivity index (χ1n) is 5.71. The van der Waals surface area contributed by atoms with Gasteiger partial charge in [0, 0.05) is 19.7 Å². The number of aromatic nitrogens is 2. The molecular formula is C10H18N4O3S. The van der Waals surface area contributed by atoms with Crippen LogP contribution in [0.4, 0.5) is 5.82 Å². The Balaban J connectivity index is 2.76. The summed E-state index contributed by atoms with van der Waals surface area (Å²) < 4.78 is 23.9. The van der Waals surface area contributed by atoms with Crippen molar-refractivity contribution in [3.8, 4) is 0 Å². The maximum atomic E-state index is 11.6. The first kappa shape index (κ1) is 14.7. The van der Waals surface area contributed by atoms with E-state index in [0.717, 1.165) is 19.3 Å². The second kappa shape index (κ2) is 5.96. The summed E-state index contributed by atoms with van der Waals surface area (Å²) in [7, 11) is -2.32. The summed E-state index contributed by atoms with van der Waals surface area (Å²) in [6, 6.07) is 0. The van der Waals surface area contributed by atoms with Crippen LogP contribution in [0.3, 0.4) is 0 Å². The highest BCUT2D eigenvalue weighted by Crippen LogP contribution is 2.17. The third kappa shape index (κ3) is 4.11. The van der Waals surface area contributed by atoms with E-state index in [1.54, 1.807) is 7.05 Å². The van der Waals surface area contributed by atoms with Gasteiger partial charge in [0.15, 0.2) is 5.82 Å². The molecule has 1 heterocycles. The summed E-state index contributed by atoms with van der Waals surface area (Å²) in [5.74, 6) is -0.270. The van der Waals surface area contributed by atoms with Gasteiger partial charge in [-0.3, -0.25) is 9.48 Å². The number of hydrogen-bond acceptors (Lipinski definition) is 4. The smallest absolute Gasteiger partial charge is 0.243 e. The number of carbonyl (C=O) groups excluding carboxylic acids is 1. The van der Waals surface area contributed by atoms with Gasteiger partial charge in [-0.25, -0.2) is 13.6 Å². The number of anilines is 1. The van der Waals surface area contributed by atoms with E-state index in [9.17, 15) is 13.2 Å². The predicted molar refractivity (Wildman–Crippen MR) is 67.4 cm³/mol. The van der Waals surface area contributed by atoms with Crippen molar-refractivity contribution >= 4 is 21.7 Å². The Morgan fingerprint density at radius 2 is 2.17 bits per heavy atom. The molecule has 0 unspecified atom stereocenters. The van der Waals surface area contributed by atoms with Crippen LogP contribution in [0.1, 0.15) is 32.6 Å². The highest BCUT2D eigenvalue weighted by Gasteiger charge is 2.19. The lowest BCUT2D eigenvalue weighted by Gasteiger charge is -2.03. The number of primary sulfonamides is 1. The monoisotopic (exact) mass is 274 g/mol. The van der Waals surface area contributed by atoms with Crippen LogP contribution in [0.25, 0.3) is 0 Å². The van der Waals surface area contributed by atoms with Crippen LogP contribution < -0.4 is 10.5 Å². The van der Waals surface area contributed by atoms with Gasteiger partial charge in [0.2, 0.25) is 15.9 Å². The largest absolute Gasteiger partial charge is 0.308 e. The molecule has 1 rings (SSSR count). The molecule has 0 aliphatic carbocycles. The minimum atomic E-state index is -3.88. The van der Waals surface area contributed by atoms with Crippen molar-refractivity contribution in [3.05, 3.63) is 6.20 Å². The van der Waals surface area contributed by atoms with Crippen molar-refractivity contribution in [2.24, 2.45) is 12.2 Å². The molecule has 1 amide bonds. The molecule has 0 aliphatic rings. The van der Waals surface area contributed by atoms with Crippen molar-refractivity contribution < 1.29 is 13.2 Å². The molecule has 1 aromatic heterocycles. The number of amides is 1. The van der Waals surface area contributed by atoms with Crippen LogP contribution in [-0.2, 0) is 21.9 Å². The standard InChI is InChI=1S/C10H18N4O3S/c1-3-4-5-6-9(15)12-10-8(18(11,16)17)7-14(2)13-10/h7H,3-6H2,1-2H3,(H2,11,16,17)(H,12,13,15). The van der Waals surface area contributed by atoms with Crippen LogP contribution in [0.5, 0.6) is 0 Å². The van der Waals surface area contributed by atoms with Crippen LogP contribution in [0, 0.1) is 0 Å². The van der Waals surface area contributed by atoms with Gasteiger partial charge in [-0.1, -0.05) is 19.8 Å². The topological polar surface area (TPSA) is 107 Å². The van der Waals surface area contributed by atoms with E-state index in [-0.39, 0.29) is 16.6 Å². The number of sulfonamides is 1. The Bertz CT molecular complexity index is 521. The number of unbranched alkanes of at least 4 members (excludes halogenated alkanes) is 2. The molecule has 0 atom stereocenters. The summed E-state index contributed by atoms with van der Waals surface area (Å²) in [4.78, 5) is 11.4. The van der Waals surface area contributed by atoms with E-state index in [1.807, 2.05) is 6.92 Å². The minimum Gasteiger partial charge on any atom is -0.308 e. The minimum absolute atomic E-state index is 0.0125. The lowest BCUT2D eigenvalue weighted by molar-refractivity contribution is -0.116. The van der Waals surface area contributed by atoms with Crippen molar-refractivity contribution in [1.29, 1.82) is 0 Å². The van der Waals surface area contributed by atoms with Gasteiger partial charge < -0.3 is 5.32 Å². The van der Waals surface area contributed by atoms with E-state index in [0.29, 0.717) is 6.42 Å². The normalized spacial score (nSPS) is 11.5. The molecule has 102 valence electrons. The van der Waals surface area contributed by atoms with Gasteiger partial charge in [0.05, 0.1) is 0 Å². The second-order valence-electron chi connectivity index (χ2n) is 4.07. The zero-order valence-corrected chi connectivity index (χ0v) is 11.3. The molecule has 18 heavy (non-hydrogen) atoms. The molecule has 0 bridgehead atoms. The third-order valence-electron chi connectivity index (χ3n) is 2.37. The van der Waals surface area contributed by atoms with Crippen molar-refractivity contribution in [3.63, 3.8) is 0 Å². The second-order valence-corrected chi connectivity index (χ2v) is 5.60. The number of nitrogens with two attached hydrogens (primary N) is 1. The molecule has 8 heteroatoms. The highest BCUT2D eigenvalue weighted by atomic mass is 32.2. The summed E-state index contributed by atoms with van der Waals surface area (Å²) in [5.41, 5.74) is 0. The van der Waals surface area contributed by atoms with E-state index < -0.39 is 10.0 Å². The molecule has 7 nitrogen and oxygen atoms in total. The molecule has 1 aromatic rings. The molecule has 0 radical (unpaired) electrons. The van der Waals surface area contributed by atoms with Crippen molar-refractivity contribution in [2.75, 3.05) is 5.32 Å². The fourth-order valence-electron chi connectivity index (χ4n) is 1.49. The molecule has 0 fully saturated rings. The van der Waals surface area contributed by atoms with Crippen molar-refractivity contribution in [1.82, 2.24) is 9.78 Å². The molecule has 0 aliphatic heterocycles. The molecule has 0 aromatic carbocycles. The molecule has 0 saturated carbocycles. The molecular weight excluding hydrogens is 256 g/mol. The number of nitrogens with one attached hydrogen (secondary N) is 1. The van der Waals surface area contributed by atoms with Gasteiger partial charge in [-0.15, -0.1) is 0 Å². The van der Waals surface area contributed by atoms with Gasteiger partial charge in [-0.2, -0.15) is 5.10 Å². The Morgan fingerprint density at radius 1 is 1.50 bits per heavy atom. The lowest BCUT2D eigenvalue weighted by Crippen LogP contribution is -2.17. The number of carbonyl (C=O) groups is 1. The van der Waals surface area contributed by atoms with Crippen LogP contribution in [0.2, 0.25) is 0 Å². The van der Waals surface area contributed by atoms with E-state index >= 15 is 0 Å². The van der Waals surface area contributed by atoms with Gasteiger partial charge in [0.1, 0.15) is 4.90 Å². The SMILES string of the molecule is CCCCCC(=O)Nc1nn(C)cc1S(N)(=O)=O. The maximum Gasteiger partial charge on any atom is 0.243 e. The Labute approximate surface area is 106 Å². The fourth-order valence-corrected chi connectivity index (χ4v) is 2.15. The molecule has 3 N–H and O–H groups in total. The Kier molecular flexibility index (Phi) is 4.85. The average molecular weight is 274 g/mol. The van der Waals surface area contributed by atoms with Crippen LogP contribution >= 0.6 is 0 Å². The number of nitrogens with zero attached hydrogens (tertiary/aromatic N) is 2. The number of rotatable bonds is 6. The summed E-state index contributed by atoms with van der Waals surface area (Å²) in [5, 5.41) is 11.4. The average Bonchev–Trinajstić information content (AvgIpc) is 2.59. The molecule has 0 spiro atoms. The fraction of sp³-hybridized carbons (Fsp3) is 0.600. The Hall–Kier alpha value is -1.41.